The zero-order chi connectivity index (χ0) is 32.6. The van der Waals surface area contributed by atoms with Crippen LogP contribution in [0, 0.1) is 0 Å². The average molecular weight is 613 g/mol. The molecule has 0 spiro atoms. The molecule has 0 N–H and O–H groups in total. The number of hydrogen-bond acceptors (Lipinski definition) is 11. The van der Waals surface area contributed by atoms with Crippen molar-refractivity contribution in [3.8, 4) is 34.5 Å². The summed E-state index contributed by atoms with van der Waals surface area (Å²) in [5, 5.41) is 2.23. The molecule has 6 rings (SSSR count). The van der Waals surface area contributed by atoms with Crippen molar-refractivity contribution < 1.29 is 42.8 Å². The van der Waals surface area contributed by atoms with Crippen LogP contribution in [0.4, 0.5) is 0 Å². The van der Waals surface area contributed by atoms with Gasteiger partial charge in [0.05, 0.1) is 39.2 Å². The van der Waals surface area contributed by atoms with E-state index in [1.807, 2.05) is 0 Å². The van der Waals surface area contributed by atoms with E-state index in [1.54, 1.807) is 6.92 Å². The number of ether oxygens (including phenoxy) is 6. The van der Waals surface area contributed by atoms with E-state index in [0.29, 0.717) is 43.5 Å². The molecule has 230 valence electrons. The van der Waals surface area contributed by atoms with Crippen LogP contribution in [0.25, 0.3) is 48.7 Å². The lowest BCUT2D eigenvalue weighted by molar-refractivity contribution is -0.132. The molecule has 11 nitrogen and oxygen atoms in total. The van der Waals surface area contributed by atoms with Crippen LogP contribution in [0.5, 0.6) is 34.5 Å². The Kier molecular flexibility index (Phi) is 6.80. The zero-order valence-electron chi connectivity index (χ0n) is 25.9. The highest BCUT2D eigenvalue weighted by molar-refractivity contribution is 6.41. The molecule has 11 heteroatoms. The Bertz CT molecular complexity index is 2310. The molecule has 1 aliphatic carbocycles. The molecule has 5 aromatic rings. The van der Waals surface area contributed by atoms with Gasteiger partial charge >= 0.3 is 11.9 Å². The molecule has 45 heavy (non-hydrogen) atoms. The highest BCUT2D eigenvalue weighted by Gasteiger charge is 2.36. The van der Waals surface area contributed by atoms with E-state index in [4.69, 9.17) is 28.4 Å². The third kappa shape index (κ3) is 3.92. The fourth-order valence-electron chi connectivity index (χ4n) is 6.88. The summed E-state index contributed by atoms with van der Waals surface area (Å²) in [5.74, 6) is -1.61. The third-order valence-corrected chi connectivity index (χ3v) is 8.26. The second-order valence-electron chi connectivity index (χ2n) is 10.8. The van der Waals surface area contributed by atoms with Crippen molar-refractivity contribution in [3.63, 3.8) is 0 Å². The van der Waals surface area contributed by atoms with Gasteiger partial charge in [0, 0.05) is 69.6 Å². The number of esters is 2. The molecule has 0 aromatic heterocycles. The molecule has 0 heterocycles. The van der Waals surface area contributed by atoms with Crippen LogP contribution in [0.15, 0.2) is 27.3 Å². The molecule has 0 bridgehead atoms. The maximum atomic E-state index is 14.4. The minimum atomic E-state index is -0.680. The summed E-state index contributed by atoms with van der Waals surface area (Å²) in [6.45, 7) is 5.54. The second-order valence-corrected chi connectivity index (χ2v) is 10.8. The van der Waals surface area contributed by atoms with Crippen molar-refractivity contribution in [3.05, 3.63) is 49.3 Å². The van der Waals surface area contributed by atoms with Crippen molar-refractivity contribution in [1.82, 2.24) is 0 Å². The van der Waals surface area contributed by atoms with Crippen LogP contribution in [-0.4, -0.2) is 46.2 Å². The Hall–Kier alpha value is -5.45. The molecule has 0 radical (unpaired) electrons. The molecule has 5 aromatic carbocycles. The number of Topliss-reactive ketones (excluding diaryl/α,β-unsaturated/α-hetero) is 1. The highest BCUT2D eigenvalue weighted by Crippen LogP contribution is 2.55. The Morgan fingerprint density at radius 2 is 1.04 bits per heavy atom. The molecule has 0 unspecified atom stereocenters. The maximum Gasteiger partial charge on any atom is 0.308 e. The van der Waals surface area contributed by atoms with Crippen LogP contribution in [0.2, 0.25) is 0 Å². The van der Waals surface area contributed by atoms with Gasteiger partial charge in [-0.05, 0) is 25.7 Å². The second kappa shape index (κ2) is 10.3. The lowest BCUT2D eigenvalue weighted by Crippen LogP contribution is -2.16. The van der Waals surface area contributed by atoms with Gasteiger partial charge < -0.3 is 28.4 Å². The summed E-state index contributed by atoms with van der Waals surface area (Å²) in [7, 11) is 5.50. The van der Waals surface area contributed by atoms with Crippen molar-refractivity contribution in [2.45, 2.75) is 34.1 Å². The molecule has 0 aliphatic heterocycles. The number of hydrogen-bond donors (Lipinski definition) is 0. The summed E-state index contributed by atoms with van der Waals surface area (Å²) in [6.07, 6.45) is 0.0990. The van der Waals surface area contributed by atoms with E-state index in [1.165, 1.54) is 61.3 Å². The van der Waals surface area contributed by atoms with Crippen LogP contribution < -0.4 is 39.3 Å². The van der Waals surface area contributed by atoms with Gasteiger partial charge in [-0.25, -0.2) is 0 Å². The number of rotatable bonds is 7. The topological polar surface area (TPSA) is 141 Å². The molecule has 0 saturated heterocycles. The van der Waals surface area contributed by atoms with E-state index >= 15 is 0 Å². The minimum absolute atomic E-state index is 0.0000810. The smallest absolute Gasteiger partial charge is 0.308 e. The van der Waals surface area contributed by atoms with Crippen LogP contribution in [0.1, 0.15) is 38.8 Å². The molecule has 0 saturated carbocycles. The number of carbonyl (C=O) groups is 3. The first-order valence-corrected chi connectivity index (χ1v) is 13.9. The average Bonchev–Trinajstić information content (AvgIpc) is 3.10. The van der Waals surface area contributed by atoms with Crippen LogP contribution in [0.3, 0.4) is 0 Å². The Morgan fingerprint density at radius 3 is 1.47 bits per heavy atom. The standard InChI is InChI=1S/C34H28O11/c1-12-9-16-22-27-23(17(40-5)10-19(44-14(3)36)25(27)31(38)33(16)42-7)24-18(41-6)11-20(45-15(4)37)26-29(24)28(22)30(21(12)13(2)35)34(43-8)32(26)39/h10-11H,9H2,1-8H3. The fourth-order valence-corrected chi connectivity index (χ4v) is 6.88. The summed E-state index contributed by atoms with van der Waals surface area (Å²) in [4.78, 5) is 66.7. The van der Waals surface area contributed by atoms with Crippen molar-refractivity contribution in [2.75, 3.05) is 28.4 Å². The SMILES string of the molecule is COc1c2c3c4c(c(OC)c(=O)c5c(OC(C)=O)cc(OC)c(c6c(OC)cc(OC(C)=O)c(c1=O)c63)c54)C(C(C)=O)=C(C)C2. The molecule has 0 amide bonds. The molecular formula is C34H28O11. The first kappa shape index (κ1) is 29.6. The fraction of sp³-hybridized carbons (Fsp3) is 0.265. The van der Waals surface area contributed by atoms with Crippen molar-refractivity contribution in [1.29, 1.82) is 0 Å². The number of ketones is 1. The summed E-state index contributed by atoms with van der Waals surface area (Å²) >= 11 is 0. The maximum absolute atomic E-state index is 14.4. The van der Waals surface area contributed by atoms with Gasteiger partial charge in [0.25, 0.3) is 0 Å². The van der Waals surface area contributed by atoms with Crippen LogP contribution in [-0.2, 0) is 20.8 Å². The van der Waals surface area contributed by atoms with Crippen molar-refractivity contribution in [2.24, 2.45) is 0 Å². The molecule has 0 atom stereocenters. The van der Waals surface area contributed by atoms with Gasteiger partial charge in [0.15, 0.2) is 17.3 Å². The van der Waals surface area contributed by atoms with Gasteiger partial charge in [-0.1, -0.05) is 5.57 Å². The quantitative estimate of drug-likeness (QED) is 0.109. The van der Waals surface area contributed by atoms with E-state index in [-0.39, 0.29) is 68.6 Å². The summed E-state index contributed by atoms with van der Waals surface area (Å²) < 4.78 is 34.3. The predicted octanol–water partition coefficient (Wildman–Crippen LogP) is 4.70. The van der Waals surface area contributed by atoms with Gasteiger partial charge in [-0.15, -0.1) is 0 Å². The number of methoxy groups -OCH3 is 4. The number of allylic oxidation sites excluding steroid dienone is 2. The van der Waals surface area contributed by atoms with Crippen LogP contribution >= 0.6 is 0 Å². The summed E-state index contributed by atoms with van der Waals surface area (Å²) in [5.41, 5.74) is 0.282. The van der Waals surface area contributed by atoms with Gasteiger partial charge in [0.2, 0.25) is 10.9 Å². The van der Waals surface area contributed by atoms with E-state index in [2.05, 4.69) is 0 Å². The van der Waals surface area contributed by atoms with E-state index in [9.17, 15) is 24.0 Å². The molecule has 1 aliphatic rings. The van der Waals surface area contributed by atoms with E-state index < -0.39 is 22.8 Å². The monoisotopic (exact) mass is 612 g/mol. The normalized spacial score (nSPS) is 12.7. The highest BCUT2D eigenvalue weighted by atomic mass is 16.5. The first-order chi connectivity index (χ1) is 21.4. The Balaban J connectivity index is 2.17. The summed E-state index contributed by atoms with van der Waals surface area (Å²) in [6, 6.07) is 2.83. The Morgan fingerprint density at radius 1 is 0.578 bits per heavy atom. The molecule has 0 fully saturated rings. The number of carbonyl (C=O) groups excluding carboxylic acids is 3. The zero-order valence-corrected chi connectivity index (χ0v) is 25.9. The largest absolute Gasteiger partial charge is 0.496 e. The van der Waals surface area contributed by atoms with Gasteiger partial charge in [-0.2, -0.15) is 0 Å². The first-order valence-electron chi connectivity index (χ1n) is 13.9. The third-order valence-electron chi connectivity index (χ3n) is 8.26. The van der Waals surface area contributed by atoms with Gasteiger partial charge in [0.1, 0.15) is 23.0 Å². The van der Waals surface area contributed by atoms with Crippen molar-refractivity contribution >= 4 is 66.4 Å². The Labute approximate surface area is 255 Å². The molecular weight excluding hydrogens is 584 g/mol. The predicted molar refractivity (Wildman–Crippen MR) is 167 cm³/mol. The van der Waals surface area contributed by atoms with Gasteiger partial charge in [-0.3, -0.25) is 24.0 Å². The number of benzene rings is 5. The number of fused-ring (bicyclic) bond motifs is 1. The van der Waals surface area contributed by atoms with E-state index in [0.717, 1.165) is 0 Å². The minimum Gasteiger partial charge on any atom is -0.496 e. The lowest BCUT2D eigenvalue weighted by Gasteiger charge is -2.24. The lowest BCUT2D eigenvalue weighted by atomic mass is 9.83.